The zero-order valence-corrected chi connectivity index (χ0v) is 12.1. The van der Waals surface area contributed by atoms with Gasteiger partial charge >= 0.3 is 0 Å². The molecule has 0 aliphatic carbocycles. The van der Waals surface area contributed by atoms with Crippen molar-refractivity contribution in [1.82, 2.24) is 9.03 Å². The van der Waals surface area contributed by atoms with Crippen LogP contribution in [-0.4, -0.2) is 57.3 Å². The second-order valence-corrected chi connectivity index (χ2v) is 7.31. The highest BCUT2D eigenvalue weighted by Gasteiger charge is 2.34. The lowest BCUT2D eigenvalue weighted by atomic mass is 9.81. The number of aliphatic hydroxyl groups is 1. The van der Waals surface area contributed by atoms with Crippen LogP contribution in [0.15, 0.2) is 0 Å². The van der Waals surface area contributed by atoms with Crippen molar-refractivity contribution in [2.24, 2.45) is 5.41 Å². The zero-order valence-electron chi connectivity index (χ0n) is 11.3. The molecule has 0 amide bonds. The monoisotopic (exact) mass is 292 g/mol. The minimum atomic E-state index is -3.40. The highest BCUT2D eigenvalue weighted by atomic mass is 32.2. The Morgan fingerprint density at radius 2 is 1.79 bits per heavy atom. The maximum absolute atomic E-state index is 12.2. The third-order valence-electron chi connectivity index (χ3n) is 4.17. The Balaban J connectivity index is 1.92. The third-order valence-corrected chi connectivity index (χ3v) is 5.73. The largest absolute Gasteiger partial charge is 0.396 e. The number of hydrogen-bond donors (Lipinski definition) is 2. The molecule has 2 N–H and O–H groups in total. The number of hydrogen-bond acceptors (Lipinski definition) is 4. The van der Waals surface area contributed by atoms with E-state index in [0.717, 1.165) is 19.3 Å². The molecule has 2 saturated heterocycles. The van der Waals surface area contributed by atoms with Crippen molar-refractivity contribution in [3.05, 3.63) is 0 Å². The van der Waals surface area contributed by atoms with Gasteiger partial charge in [0.15, 0.2) is 0 Å². The van der Waals surface area contributed by atoms with Crippen molar-refractivity contribution in [1.29, 1.82) is 0 Å². The molecular weight excluding hydrogens is 268 g/mol. The summed E-state index contributed by atoms with van der Waals surface area (Å²) >= 11 is 0. The molecule has 0 radical (unpaired) electrons. The summed E-state index contributed by atoms with van der Waals surface area (Å²) in [5.74, 6) is 0. The SMILES string of the molecule is O=S(=O)(NCC1(CO)CCOCC1)N1CCCCC1. The Bertz CT molecular complexity index is 373. The van der Waals surface area contributed by atoms with Crippen molar-refractivity contribution >= 4 is 10.2 Å². The molecule has 6 nitrogen and oxygen atoms in total. The van der Waals surface area contributed by atoms with E-state index in [-0.39, 0.29) is 12.0 Å². The van der Waals surface area contributed by atoms with E-state index in [2.05, 4.69) is 4.72 Å². The molecule has 2 rings (SSSR count). The molecule has 112 valence electrons. The van der Waals surface area contributed by atoms with Crippen LogP contribution >= 0.6 is 0 Å². The molecule has 2 aliphatic heterocycles. The maximum atomic E-state index is 12.2. The molecule has 0 bridgehead atoms. The lowest BCUT2D eigenvalue weighted by Crippen LogP contribution is -2.49. The van der Waals surface area contributed by atoms with Gasteiger partial charge in [0, 0.05) is 38.3 Å². The predicted molar refractivity (Wildman–Crippen MR) is 71.9 cm³/mol. The van der Waals surface area contributed by atoms with Crippen molar-refractivity contribution in [3.63, 3.8) is 0 Å². The smallest absolute Gasteiger partial charge is 0.279 e. The fourth-order valence-electron chi connectivity index (χ4n) is 2.64. The van der Waals surface area contributed by atoms with Crippen LogP contribution in [0.3, 0.4) is 0 Å². The van der Waals surface area contributed by atoms with Crippen molar-refractivity contribution in [3.8, 4) is 0 Å². The number of nitrogens with one attached hydrogen (secondary N) is 1. The van der Waals surface area contributed by atoms with Crippen molar-refractivity contribution in [2.45, 2.75) is 32.1 Å². The fraction of sp³-hybridized carbons (Fsp3) is 1.00. The van der Waals surface area contributed by atoms with Crippen LogP contribution in [0.25, 0.3) is 0 Å². The number of piperidine rings is 1. The van der Waals surface area contributed by atoms with Gasteiger partial charge in [0.2, 0.25) is 0 Å². The third kappa shape index (κ3) is 3.88. The van der Waals surface area contributed by atoms with Gasteiger partial charge in [-0.1, -0.05) is 6.42 Å². The Kier molecular flexibility index (Phi) is 5.19. The Labute approximate surface area is 115 Å². The molecule has 2 aliphatic rings. The summed E-state index contributed by atoms with van der Waals surface area (Å²) in [5.41, 5.74) is -0.360. The van der Waals surface area contributed by atoms with Crippen LogP contribution in [0, 0.1) is 5.41 Å². The van der Waals surface area contributed by atoms with Gasteiger partial charge in [0.05, 0.1) is 6.61 Å². The van der Waals surface area contributed by atoms with Gasteiger partial charge in [0.1, 0.15) is 0 Å². The molecule has 2 heterocycles. The molecule has 0 atom stereocenters. The molecule has 0 aromatic heterocycles. The van der Waals surface area contributed by atoms with Gasteiger partial charge in [-0.15, -0.1) is 0 Å². The van der Waals surface area contributed by atoms with Crippen molar-refractivity contribution < 1.29 is 18.3 Å². The first-order chi connectivity index (χ1) is 9.08. The molecule has 2 fully saturated rings. The van der Waals surface area contributed by atoms with E-state index in [9.17, 15) is 13.5 Å². The van der Waals surface area contributed by atoms with E-state index in [1.54, 1.807) is 0 Å². The van der Waals surface area contributed by atoms with Gasteiger partial charge in [-0.25, -0.2) is 4.72 Å². The summed E-state index contributed by atoms with van der Waals surface area (Å²) in [4.78, 5) is 0. The summed E-state index contributed by atoms with van der Waals surface area (Å²) in [5, 5.41) is 9.54. The normalized spacial score (nSPS) is 25.3. The lowest BCUT2D eigenvalue weighted by molar-refractivity contribution is -0.0128. The number of ether oxygens (including phenoxy) is 1. The summed E-state index contributed by atoms with van der Waals surface area (Å²) in [7, 11) is -3.40. The first kappa shape index (κ1) is 15.2. The van der Waals surface area contributed by atoms with Gasteiger partial charge in [-0.2, -0.15) is 12.7 Å². The van der Waals surface area contributed by atoms with Crippen LogP contribution in [0.2, 0.25) is 0 Å². The molecular formula is C12H24N2O4S. The standard InChI is InChI=1S/C12H24N2O4S/c15-11-12(4-8-18-9-5-12)10-13-19(16,17)14-6-2-1-3-7-14/h13,15H,1-11H2. The van der Waals surface area contributed by atoms with Crippen LogP contribution in [-0.2, 0) is 14.9 Å². The van der Waals surface area contributed by atoms with E-state index in [1.807, 2.05) is 0 Å². The average molecular weight is 292 g/mol. The van der Waals surface area contributed by atoms with Gasteiger partial charge in [0.25, 0.3) is 10.2 Å². The lowest BCUT2D eigenvalue weighted by Gasteiger charge is -2.36. The van der Waals surface area contributed by atoms with Crippen LogP contribution in [0.5, 0.6) is 0 Å². The Morgan fingerprint density at radius 3 is 2.37 bits per heavy atom. The van der Waals surface area contributed by atoms with Crippen LogP contribution in [0.1, 0.15) is 32.1 Å². The maximum Gasteiger partial charge on any atom is 0.279 e. The molecule has 0 spiro atoms. The quantitative estimate of drug-likeness (QED) is 0.753. The topological polar surface area (TPSA) is 78.9 Å². The fourth-order valence-corrected chi connectivity index (χ4v) is 4.05. The second-order valence-electron chi connectivity index (χ2n) is 5.56. The summed E-state index contributed by atoms with van der Waals surface area (Å²) < 4.78 is 33.8. The predicted octanol–water partition coefficient (Wildman–Crippen LogP) is 0.0958. The Morgan fingerprint density at radius 1 is 1.16 bits per heavy atom. The summed E-state index contributed by atoms with van der Waals surface area (Å²) in [6.45, 7) is 2.68. The molecule has 0 aromatic carbocycles. The highest BCUT2D eigenvalue weighted by Crippen LogP contribution is 2.29. The minimum Gasteiger partial charge on any atom is -0.396 e. The molecule has 0 saturated carbocycles. The summed E-state index contributed by atoms with van der Waals surface area (Å²) in [6.07, 6.45) is 4.36. The van der Waals surface area contributed by atoms with E-state index in [1.165, 1.54) is 4.31 Å². The summed E-state index contributed by atoms with van der Waals surface area (Å²) in [6, 6.07) is 0. The van der Waals surface area contributed by atoms with Gasteiger partial charge in [-0.3, -0.25) is 0 Å². The van der Waals surface area contributed by atoms with Gasteiger partial charge in [-0.05, 0) is 25.7 Å². The number of nitrogens with zero attached hydrogens (tertiary/aromatic N) is 1. The average Bonchev–Trinajstić information content (AvgIpc) is 2.47. The molecule has 0 aromatic rings. The minimum absolute atomic E-state index is 0.00111. The second kappa shape index (κ2) is 6.49. The van der Waals surface area contributed by atoms with E-state index in [0.29, 0.717) is 45.7 Å². The number of aliphatic hydroxyl groups excluding tert-OH is 1. The van der Waals surface area contributed by atoms with E-state index in [4.69, 9.17) is 4.74 Å². The first-order valence-corrected chi connectivity index (χ1v) is 8.45. The Hall–Kier alpha value is -0.210. The first-order valence-electron chi connectivity index (χ1n) is 7.01. The highest BCUT2D eigenvalue weighted by molar-refractivity contribution is 7.87. The van der Waals surface area contributed by atoms with Crippen LogP contribution in [0.4, 0.5) is 0 Å². The van der Waals surface area contributed by atoms with E-state index < -0.39 is 10.2 Å². The van der Waals surface area contributed by atoms with Crippen LogP contribution < -0.4 is 4.72 Å². The van der Waals surface area contributed by atoms with E-state index >= 15 is 0 Å². The zero-order chi connectivity index (χ0) is 13.8. The molecule has 19 heavy (non-hydrogen) atoms. The molecule has 0 unspecified atom stereocenters. The van der Waals surface area contributed by atoms with Gasteiger partial charge < -0.3 is 9.84 Å². The van der Waals surface area contributed by atoms with Crippen molar-refractivity contribution in [2.75, 3.05) is 39.5 Å². The number of rotatable bonds is 5. The molecule has 7 heteroatoms.